The molecule has 1 saturated heterocycles. The minimum absolute atomic E-state index is 0.0387. The lowest BCUT2D eigenvalue weighted by molar-refractivity contribution is 0.112. The van der Waals surface area contributed by atoms with E-state index in [1.54, 1.807) is 6.92 Å². The van der Waals surface area contributed by atoms with Gasteiger partial charge >= 0.3 is 0 Å². The van der Waals surface area contributed by atoms with E-state index in [1.807, 2.05) is 13.0 Å². The van der Waals surface area contributed by atoms with E-state index < -0.39 is 21.5 Å². The van der Waals surface area contributed by atoms with E-state index >= 15 is 0 Å². The molecule has 0 aromatic carbocycles. The van der Waals surface area contributed by atoms with Crippen LogP contribution in [0.3, 0.4) is 0 Å². The van der Waals surface area contributed by atoms with Crippen molar-refractivity contribution in [1.82, 2.24) is 0 Å². The molecule has 15 heavy (non-hydrogen) atoms. The lowest BCUT2D eigenvalue weighted by atomic mass is 9.86. The molecule has 1 N–H and O–H groups in total. The molecular weight excluding hydrogens is 216 g/mol. The van der Waals surface area contributed by atoms with Crippen LogP contribution < -0.4 is 0 Å². The van der Waals surface area contributed by atoms with Crippen molar-refractivity contribution >= 4 is 10.1 Å². The van der Waals surface area contributed by atoms with Crippen LogP contribution in [-0.4, -0.2) is 31.0 Å². The molecule has 0 saturated carbocycles. The van der Waals surface area contributed by atoms with E-state index in [4.69, 9.17) is 4.18 Å². The number of aliphatic hydroxyl groups excluding tert-OH is 1. The highest BCUT2D eigenvalue weighted by molar-refractivity contribution is 7.87. The van der Waals surface area contributed by atoms with E-state index in [-0.39, 0.29) is 18.4 Å². The maximum absolute atomic E-state index is 11.7. The molecule has 0 bridgehead atoms. The van der Waals surface area contributed by atoms with Crippen LogP contribution >= 0.6 is 0 Å². The van der Waals surface area contributed by atoms with Crippen molar-refractivity contribution in [1.29, 1.82) is 0 Å². The summed E-state index contributed by atoms with van der Waals surface area (Å²) in [6.07, 6.45) is 1.95. The average molecular weight is 232 g/mol. The van der Waals surface area contributed by atoms with E-state index in [0.29, 0.717) is 6.42 Å². The predicted octanol–water partition coefficient (Wildman–Crippen LogP) is 0.821. The highest BCUT2D eigenvalue weighted by Crippen LogP contribution is 2.36. The number of hydrogen-bond acceptors (Lipinski definition) is 4. The van der Waals surface area contributed by atoms with Gasteiger partial charge < -0.3 is 5.11 Å². The van der Waals surface area contributed by atoms with Crippen LogP contribution in [0.1, 0.15) is 26.7 Å². The van der Waals surface area contributed by atoms with Crippen molar-refractivity contribution in [3.63, 3.8) is 0 Å². The quantitative estimate of drug-likeness (QED) is 0.496. The molecule has 0 spiro atoms. The Kier molecular flexibility index (Phi) is 2.65. The van der Waals surface area contributed by atoms with Crippen LogP contribution in [0.2, 0.25) is 0 Å². The molecule has 4 atom stereocenters. The maximum Gasteiger partial charge on any atom is 0.274 e. The van der Waals surface area contributed by atoms with Crippen LogP contribution in [0, 0.1) is 5.92 Å². The van der Waals surface area contributed by atoms with Crippen molar-refractivity contribution in [2.75, 3.05) is 0 Å². The SMILES string of the molecule is C[C@@H]1CC2=C[C@@H](C)[C@@H](O)C[C@@H]2S(=O)(=O)O1. The van der Waals surface area contributed by atoms with Gasteiger partial charge in [-0.3, -0.25) is 4.18 Å². The summed E-state index contributed by atoms with van der Waals surface area (Å²) in [5.41, 5.74) is 0.909. The van der Waals surface area contributed by atoms with Crippen LogP contribution in [0.25, 0.3) is 0 Å². The van der Waals surface area contributed by atoms with Crippen molar-refractivity contribution in [2.24, 2.45) is 5.92 Å². The van der Waals surface area contributed by atoms with Crippen molar-refractivity contribution in [2.45, 2.75) is 44.1 Å². The average Bonchev–Trinajstić information content (AvgIpc) is 2.07. The third-order valence-electron chi connectivity index (χ3n) is 3.12. The van der Waals surface area contributed by atoms with Crippen LogP contribution in [-0.2, 0) is 14.3 Å². The lowest BCUT2D eigenvalue weighted by Crippen LogP contribution is -2.41. The number of hydrogen-bond donors (Lipinski definition) is 1. The third-order valence-corrected chi connectivity index (χ3v) is 4.91. The zero-order valence-electron chi connectivity index (χ0n) is 8.88. The zero-order chi connectivity index (χ0) is 11.2. The summed E-state index contributed by atoms with van der Waals surface area (Å²) in [5.74, 6) is 0.0387. The molecule has 0 aromatic heterocycles. The van der Waals surface area contributed by atoms with Crippen LogP contribution in [0.5, 0.6) is 0 Å². The van der Waals surface area contributed by atoms with Crippen molar-refractivity contribution in [3.05, 3.63) is 11.6 Å². The van der Waals surface area contributed by atoms with Gasteiger partial charge in [0.05, 0.1) is 12.2 Å². The third kappa shape index (κ3) is 1.96. The summed E-state index contributed by atoms with van der Waals surface area (Å²) in [6.45, 7) is 3.66. The van der Waals surface area contributed by atoms with Gasteiger partial charge in [-0.2, -0.15) is 8.42 Å². The Bertz CT molecular complexity index is 384. The molecule has 0 amide bonds. The first-order valence-corrected chi connectivity index (χ1v) is 6.68. The van der Waals surface area contributed by atoms with Gasteiger partial charge in [-0.05, 0) is 19.8 Å². The molecule has 1 heterocycles. The zero-order valence-corrected chi connectivity index (χ0v) is 9.70. The number of rotatable bonds is 0. The first-order chi connectivity index (χ1) is 6.90. The monoisotopic (exact) mass is 232 g/mol. The molecule has 1 fully saturated rings. The molecule has 0 unspecified atom stereocenters. The van der Waals surface area contributed by atoms with E-state index in [0.717, 1.165) is 5.57 Å². The van der Waals surface area contributed by atoms with Gasteiger partial charge in [0, 0.05) is 5.92 Å². The van der Waals surface area contributed by atoms with Gasteiger partial charge in [-0.15, -0.1) is 0 Å². The van der Waals surface area contributed by atoms with E-state index in [9.17, 15) is 13.5 Å². The standard InChI is InChI=1S/C10H16O4S/c1-6-3-8-4-7(2)14-15(12,13)10(8)5-9(6)11/h3,6-7,9-11H,4-5H2,1-2H3/t6-,7-,9+,10+/m1/s1. The molecule has 86 valence electrons. The second-order valence-corrected chi connectivity index (χ2v) is 6.24. The van der Waals surface area contributed by atoms with E-state index in [1.165, 1.54) is 0 Å². The topological polar surface area (TPSA) is 63.6 Å². The van der Waals surface area contributed by atoms with Gasteiger partial charge in [-0.1, -0.05) is 18.6 Å². The van der Waals surface area contributed by atoms with Gasteiger partial charge in [0.1, 0.15) is 5.25 Å². The largest absolute Gasteiger partial charge is 0.392 e. The molecule has 0 radical (unpaired) electrons. The molecule has 1 aliphatic carbocycles. The molecular formula is C10H16O4S. The smallest absolute Gasteiger partial charge is 0.274 e. The Morgan fingerprint density at radius 1 is 1.47 bits per heavy atom. The summed E-state index contributed by atoms with van der Waals surface area (Å²) in [7, 11) is -3.52. The second kappa shape index (κ2) is 3.57. The maximum atomic E-state index is 11.7. The van der Waals surface area contributed by atoms with Crippen molar-refractivity contribution < 1.29 is 17.7 Å². The van der Waals surface area contributed by atoms with Crippen molar-refractivity contribution in [3.8, 4) is 0 Å². The normalized spacial score (nSPS) is 44.3. The first kappa shape index (κ1) is 11.1. The minimum atomic E-state index is -3.52. The van der Waals surface area contributed by atoms with Gasteiger partial charge in [-0.25, -0.2) is 0 Å². The fraction of sp³-hybridized carbons (Fsp3) is 0.800. The summed E-state index contributed by atoms with van der Waals surface area (Å²) < 4.78 is 28.4. The highest BCUT2D eigenvalue weighted by Gasteiger charge is 2.41. The summed E-state index contributed by atoms with van der Waals surface area (Å²) in [6, 6.07) is 0. The molecule has 2 rings (SSSR count). The summed E-state index contributed by atoms with van der Waals surface area (Å²) >= 11 is 0. The van der Waals surface area contributed by atoms with Crippen LogP contribution in [0.15, 0.2) is 11.6 Å². The summed E-state index contributed by atoms with van der Waals surface area (Å²) in [4.78, 5) is 0. The highest BCUT2D eigenvalue weighted by atomic mass is 32.2. The number of fused-ring (bicyclic) bond motifs is 1. The second-order valence-electron chi connectivity index (χ2n) is 4.50. The Balaban J connectivity index is 2.37. The first-order valence-electron chi connectivity index (χ1n) is 5.21. The molecule has 2 aliphatic rings. The minimum Gasteiger partial charge on any atom is -0.392 e. The van der Waals surface area contributed by atoms with Crippen LogP contribution in [0.4, 0.5) is 0 Å². The van der Waals surface area contributed by atoms with E-state index in [2.05, 4.69) is 0 Å². The Hall–Kier alpha value is -0.390. The summed E-state index contributed by atoms with van der Waals surface area (Å²) in [5, 5.41) is 9.03. The molecule has 1 aliphatic heterocycles. The molecule has 5 heteroatoms. The Morgan fingerprint density at radius 3 is 2.80 bits per heavy atom. The Labute approximate surface area is 90.1 Å². The predicted molar refractivity (Wildman–Crippen MR) is 55.7 cm³/mol. The fourth-order valence-corrected chi connectivity index (χ4v) is 3.94. The van der Waals surface area contributed by atoms with Gasteiger partial charge in [0.2, 0.25) is 0 Å². The van der Waals surface area contributed by atoms with Gasteiger partial charge in [0.25, 0.3) is 10.1 Å². The molecule has 4 nitrogen and oxygen atoms in total. The number of aliphatic hydroxyl groups is 1. The Morgan fingerprint density at radius 2 is 2.13 bits per heavy atom. The van der Waals surface area contributed by atoms with Gasteiger partial charge in [0.15, 0.2) is 0 Å². The lowest BCUT2D eigenvalue weighted by Gasteiger charge is -2.35. The molecule has 0 aromatic rings. The fourth-order valence-electron chi connectivity index (χ4n) is 2.31.